The van der Waals surface area contributed by atoms with Crippen molar-refractivity contribution in [2.24, 2.45) is 0 Å². The molecule has 0 amide bonds. The Labute approximate surface area is 172 Å². The standard InChI is InChI=1S/C20H32ClN7/c1-15(2)27-12-6-16(7-13-27)23-18-17-19(25-20(21)24-18)28(14-22-17)11-5-10-26-8-3-4-9-26/h14-16H,3-13H2,1-2H3,(H,23,24,25). The SMILES string of the molecule is CC(C)N1CCC(Nc2nc(Cl)nc3c2ncn3CCCN2CCCC2)CC1. The summed E-state index contributed by atoms with van der Waals surface area (Å²) in [5.74, 6) is 0.774. The minimum absolute atomic E-state index is 0.288. The molecule has 2 aliphatic rings. The van der Waals surface area contributed by atoms with E-state index in [1.54, 1.807) is 0 Å². The molecule has 28 heavy (non-hydrogen) atoms. The highest BCUT2D eigenvalue weighted by molar-refractivity contribution is 6.28. The van der Waals surface area contributed by atoms with Crippen LogP contribution in [0.25, 0.3) is 11.2 Å². The van der Waals surface area contributed by atoms with Crippen LogP contribution in [0.1, 0.15) is 46.0 Å². The smallest absolute Gasteiger partial charge is 0.226 e. The lowest BCUT2D eigenvalue weighted by atomic mass is 10.0. The molecule has 2 aromatic rings. The van der Waals surface area contributed by atoms with Gasteiger partial charge in [0.15, 0.2) is 17.0 Å². The Kier molecular flexibility index (Phi) is 6.33. The molecule has 2 fully saturated rings. The first kappa shape index (κ1) is 19.9. The average molecular weight is 406 g/mol. The van der Waals surface area contributed by atoms with Crippen LogP contribution in [-0.4, -0.2) is 74.1 Å². The topological polar surface area (TPSA) is 62.1 Å². The highest BCUT2D eigenvalue weighted by atomic mass is 35.5. The third-order valence-electron chi connectivity index (χ3n) is 6.11. The van der Waals surface area contributed by atoms with Gasteiger partial charge in [0.1, 0.15) is 0 Å². The van der Waals surface area contributed by atoms with Crippen LogP contribution < -0.4 is 5.32 Å². The number of hydrogen-bond donors (Lipinski definition) is 1. The summed E-state index contributed by atoms with van der Waals surface area (Å²) in [6.45, 7) is 11.3. The fraction of sp³-hybridized carbons (Fsp3) is 0.750. The molecule has 4 rings (SSSR count). The van der Waals surface area contributed by atoms with Crippen LogP contribution >= 0.6 is 11.6 Å². The Balaban J connectivity index is 1.42. The van der Waals surface area contributed by atoms with Crippen molar-refractivity contribution >= 4 is 28.6 Å². The number of anilines is 1. The van der Waals surface area contributed by atoms with Crippen LogP contribution in [0, 0.1) is 0 Å². The molecule has 2 aromatic heterocycles. The molecule has 4 heterocycles. The number of aryl methyl sites for hydroxylation is 1. The van der Waals surface area contributed by atoms with Crippen molar-refractivity contribution in [1.82, 2.24) is 29.3 Å². The largest absolute Gasteiger partial charge is 0.365 e. The van der Waals surface area contributed by atoms with Gasteiger partial charge in [-0.3, -0.25) is 0 Å². The van der Waals surface area contributed by atoms with Crippen LogP contribution in [0.5, 0.6) is 0 Å². The van der Waals surface area contributed by atoms with Gasteiger partial charge in [-0.25, -0.2) is 4.98 Å². The summed E-state index contributed by atoms with van der Waals surface area (Å²) >= 11 is 6.25. The van der Waals surface area contributed by atoms with E-state index in [2.05, 4.69) is 48.5 Å². The summed E-state index contributed by atoms with van der Waals surface area (Å²) in [7, 11) is 0. The Morgan fingerprint density at radius 1 is 1.11 bits per heavy atom. The summed E-state index contributed by atoms with van der Waals surface area (Å²) < 4.78 is 2.12. The van der Waals surface area contributed by atoms with Gasteiger partial charge in [-0.05, 0) is 77.2 Å². The third-order valence-corrected chi connectivity index (χ3v) is 6.28. The predicted octanol–water partition coefficient (Wildman–Crippen LogP) is 3.25. The zero-order chi connectivity index (χ0) is 19.5. The summed E-state index contributed by atoms with van der Waals surface area (Å²) in [6, 6.07) is 1.02. The second-order valence-corrected chi connectivity index (χ2v) is 8.74. The Morgan fingerprint density at radius 2 is 1.86 bits per heavy atom. The molecule has 0 aliphatic carbocycles. The predicted molar refractivity (Wildman–Crippen MR) is 114 cm³/mol. The van der Waals surface area contributed by atoms with Crippen LogP contribution in [-0.2, 0) is 6.54 Å². The molecule has 7 nitrogen and oxygen atoms in total. The van der Waals surface area contributed by atoms with Crippen LogP contribution in [0.2, 0.25) is 5.28 Å². The molecular weight excluding hydrogens is 374 g/mol. The quantitative estimate of drug-likeness (QED) is 0.713. The molecule has 0 saturated carbocycles. The van der Waals surface area contributed by atoms with Gasteiger partial charge in [-0.1, -0.05) is 0 Å². The van der Waals surface area contributed by atoms with Gasteiger partial charge in [0.25, 0.3) is 0 Å². The molecule has 0 bridgehead atoms. The van der Waals surface area contributed by atoms with Crippen molar-refractivity contribution in [2.45, 2.75) is 64.6 Å². The Morgan fingerprint density at radius 3 is 2.57 bits per heavy atom. The minimum atomic E-state index is 0.288. The van der Waals surface area contributed by atoms with Crippen molar-refractivity contribution in [3.8, 4) is 0 Å². The lowest BCUT2D eigenvalue weighted by Gasteiger charge is -2.35. The van der Waals surface area contributed by atoms with Crippen molar-refractivity contribution in [2.75, 3.05) is 38.0 Å². The first-order chi connectivity index (χ1) is 13.6. The number of fused-ring (bicyclic) bond motifs is 1. The summed E-state index contributed by atoms with van der Waals surface area (Å²) in [5.41, 5.74) is 1.67. The van der Waals surface area contributed by atoms with Gasteiger partial charge in [-0.15, -0.1) is 0 Å². The van der Waals surface area contributed by atoms with Crippen molar-refractivity contribution in [3.63, 3.8) is 0 Å². The lowest BCUT2D eigenvalue weighted by Crippen LogP contribution is -2.42. The van der Waals surface area contributed by atoms with Gasteiger partial charge >= 0.3 is 0 Å². The molecule has 0 radical (unpaired) electrons. The van der Waals surface area contributed by atoms with E-state index < -0.39 is 0 Å². The first-order valence-corrected chi connectivity index (χ1v) is 11.1. The van der Waals surface area contributed by atoms with Gasteiger partial charge in [0.2, 0.25) is 5.28 Å². The van der Waals surface area contributed by atoms with E-state index >= 15 is 0 Å². The maximum atomic E-state index is 6.25. The minimum Gasteiger partial charge on any atom is -0.365 e. The summed E-state index contributed by atoms with van der Waals surface area (Å²) in [5, 5.41) is 3.88. The van der Waals surface area contributed by atoms with E-state index in [-0.39, 0.29) is 5.28 Å². The van der Waals surface area contributed by atoms with E-state index in [9.17, 15) is 0 Å². The third kappa shape index (κ3) is 4.58. The molecule has 0 aromatic carbocycles. The van der Waals surface area contributed by atoms with E-state index in [4.69, 9.17) is 11.6 Å². The Bertz CT molecular complexity index is 776. The highest BCUT2D eigenvalue weighted by Gasteiger charge is 2.23. The maximum Gasteiger partial charge on any atom is 0.226 e. The molecule has 2 aliphatic heterocycles. The fourth-order valence-electron chi connectivity index (χ4n) is 4.41. The molecule has 0 spiro atoms. The fourth-order valence-corrected chi connectivity index (χ4v) is 4.57. The van der Waals surface area contributed by atoms with Crippen molar-refractivity contribution in [3.05, 3.63) is 11.6 Å². The molecule has 154 valence electrons. The van der Waals surface area contributed by atoms with Gasteiger partial charge < -0.3 is 19.7 Å². The van der Waals surface area contributed by atoms with Crippen LogP contribution in [0.15, 0.2) is 6.33 Å². The van der Waals surface area contributed by atoms with E-state index in [1.165, 1.54) is 25.9 Å². The van der Waals surface area contributed by atoms with Gasteiger partial charge in [0, 0.05) is 31.7 Å². The second-order valence-electron chi connectivity index (χ2n) is 8.40. The summed E-state index contributed by atoms with van der Waals surface area (Å²) in [6.07, 6.45) is 7.87. The molecule has 8 heteroatoms. The number of halogens is 1. The van der Waals surface area contributed by atoms with E-state index in [1.807, 2.05) is 6.33 Å². The van der Waals surface area contributed by atoms with Gasteiger partial charge in [0.05, 0.1) is 6.33 Å². The van der Waals surface area contributed by atoms with Crippen molar-refractivity contribution < 1.29 is 0 Å². The number of piperidine rings is 1. The number of likely N-dealkylation sites (tertiary alicyclic amines) is 2. The molecular formula is C20H32ClN7. The van der Waals surface area contributed by atoms with Gasteiger partial charge in [-0.2, -0.15) is 9.97 Å². The Hall–Kier alpha value is -1.44. The number of rotatable bonds is 7. The number of nitrogens with one attached hydrogen (secondary N) is 1. The first-order valence-electron chi connectivity index (χ1n) is 10.7. The molecule has 0 unspecified atom stereocenters. The molecule has 1 N–H and O–H groups in total. The summed E-state index contributed by atoms with van der Waals surface area (Å²) in [4.78, 5) is 18.6. The number of hydrogen-bond acceptors (Lipinski definition) is 6. The zero-order valence-corrected chi connectivity index (χ0v) is 17.8. The van der Waals surface area contributed by atoms with E-state index in [0.717, 1.165) is 62.4 Å². The lowest BCUT2D eigenvalue weighted by molar-refractivity contribution is 0.177. The average Bonchev–Trinajstić information content (AvgIpc) is 3.33. The number of nitrogens with zero attached hydrogens (tertiary/aromatic N) is 6. The highest BCUT2D eigenvalue weighted by Crippen LogP contribution is 2.24. The molecule has 2 saturated heterocycles. The van der Waals surface area contributed by atoms with E-state index in [0.29, 0.717) is 12.1 Å². The van der Waals surface area contributed by atoms with Crippen LogP contribution in [0.4, 0.5) is 5.82 Å². The monoisotopic (exact) mass is 405 g/mol. The molecule has 0 atom stereocenters. The normalized spacial score (nSPS) is 19.9. The maximum absolute atomic E-state index is 6.25. The number of aromatic nitrogens is 4. The zero-order valence-electron chi connectivity index (χ0n) is 17.1. The number of imidazole rings is 1. The van der Waals surface area contributed by atoms with Crippen molar-refractivity contribution in [1.29, 1.82) is 0 Å². The second kappa shape index (κ2) is 8.93. The van der Waals surface area contributed by atoms with Crippen LogP contribution in [0.3, 0.4) is 0 Å².